The molecule has 152 valence electrons. The van der Waals surface area contributed by atoms with Crippen LogP contribution in [-0.2, 0) is 21.4 Å². The SMILES string of the molecule is COc1ccc(Cl)cc1S(=O)(=O)N(CC(=O)NCC(C)C)Cc1ccccc1. The molecule has 0 heterocycles. The smallest absolute Gasteiger partial charge is 0.247 e. The van der Waals surface area contributed by atoms with Crippen LogP contribution in [0.5, 0.6) is 5.75 Å². The third-order valence-corrected chi connectivity index (χ3v) is 6.02. The second kappa shape index (κ2) is 9.91. The number of methoxy groups -OCH3 is 1. The molecule has 28 heavy (non-hydrogen) atoms. The van der Waals surface area contributed by atoms with E-state index in [1.54, 1.807) is 6.07 Å². The Bertz CT molecular complexity index is 902. The molecular formula is C20H25ClN2O4S. The van der Waals surface area contributed by atoms with Crippen molar-refractivity contribution in [2.24, 2.45) is 5.92 Å². The summed E-state index contributed by atoms with van der Waals surface area (Å²) in [5.74, 6) is 0.0652. The molecule has 1 amide bonds. The van der Waals surface area contributed by atoms with Crippen molar-refractivity contribution in [3.63, 3.8) is 0 Å². The summed E-state index contributed by atoms with van der Waals surface area (Å²) in [5, 5.41) is 3.03. The van der Waals surface area contributed by atoms with Gasteiger partial charge in [-0.25, -0.2) is 8.42 Å². The van der Waals surface area contributed by atoms with Gasteiger partial charge in [0.1, 0.15) is 10.6 Å². The van der Waals surface area contributed by atoms with E-state index >= 15 is 0 Å². The maximum atomic E-state index is 13.3. The molecule has 0 unspecified atom stereocenters. The fraction of sp³-hybridized carbons (Fsp3) is 0.350. The molecular weight excluding hydrogens is 400 g/mol. The van der Waals surface area contributed by atoms with Crippen molar-refractivity contribution in [1.82, 2.24) is 9.62 Å². The van der Waals surface area contributed by atoms with Gasteiger partial charge in [0.2, 0.25) is 15.9 Å². The van der Waals surface area contributed by atoms with Gasteiger partial charge in [0.05, 0.1) is 13.7 Å². The van der Waals surface area contributed by atoms with Crippen LogP contribution in [-0.4, -0.2) is 38.8 Å². The molecule has 2 rings (SSSR count). The highest BCUT2D eigenvalue weighted by Crippen LogP contribution is 2.30. The molecule has 0 saturated carbocycles. The number of hydrogen-bond acceptors (Lipinski definition) is 4. The Morgan fingerprint density at radius 3 is 2.46 bits per heavy atom. The zero-order valence-electron chi connectivity index (χ0n) is 16.2. The predicted molar refractivity (Wildman–Crippen MR) is 110 cm³/mol. The second-order valence-corrected chi connectivity index (χ2v) is 9.09. The average molecular weight is 425 g/mol. The fourth-order valence-corrected chi connectivity index (χ4v) is 4.34. The maximum Gasteiger partial charge on any atom is 0.247 e. The van der Waals surface area contributed by atoms with Crippen LogP contribution in [0.2, 0.25) is 5.02 Å². The molecule has 8 heteroatoms. The van der Waals surface area contributed by atoms with Gasteiger partial charge < -0.3 is 10.1 Å². The standard InChI is InChI=1S/C20H25ClN2O4S/c1-15(2)12-22-20(24)14-23(13-16-7-5-4-6-8-16)28(25,26)19-11-17(21)9-10-18(19)27-3/h4-11,15H,12-14H2,1-3H3,(H,22,24). The monoisotopic (exact) mass is 424 g/mol. The number of nitrogens with one attached hydrogen (secondary N) is 1. The molecule has 0 fully saturated rings. The minimum Gasteiger partial charge on any atom is -0.495 e. The zero-order chi connectivity index (χ0) is 20.7. The molecule has 6 nitrogen and oxygen atoms in total. The summed E-state index contributed by atoms with van der Waals surface area (Å²) in [6.07, 6.45) is 0. The van der Waals surface area contributed by atoms with E-state index in [-0.39, 0.29) is 40.6 Å². The summed E-state index contributed by atoms with van der Waals surface area (Å²) in [5.41, 5.74) is 0.767. The number of amides is 1. The molecule has 0 spiro atoms. The summed E-state index contributed by atoms with van der Waals surface area (Å²) in [6.45, 7) is 4.15. The lowest BCUT2D eigenvalue weighted by Crippen LogP contribution is -2.41. The summed E-state index contributed by atoms with van der Waals surface area (Å²) in [7, 11) is -2.65. The van der Waals surface area contributed by atoms with E-state index in [0.29, 0.717) is 6.54 Å². The number of hydrogen-bond donors (Lipinski definition) is 1. The predicted octanol–water partition coefficient (Wildman–Crippen LogP) is 3.31. The van der Waals surface area contributed by atoms with Crippen molar-refractivity contribution in [3.8, 4) is 5.75 Å². The molecule has 0 aromatic heterocycles. The molecule has 0 atom stereocenters. The lowest BCUT2D eigenvalue weighted by Gasteiger charge is -2.23. The molecule has 0 saturated heterocycles. The lowest BCUT2D eigenvalue weighted by atomic mass is 10.2. The average Bonchev–Trinajstić information content (AvgIpc) is 2.66. The van der Waals surface area contributed by atoms with Crippen LogP contribution in [0.15, 0.2) is 53.4 Å². The summed E-state index contributed by atoms with van der Waals surface area (Å²) < 4.78 is 33.0. The first-order valence-electron chi connectivity index (χ1n) is 8.88. The number of ether oxygens (including phenoxy) is 1. The molecule has 0 aliphatic heterocycles. The molecule has 0 radical (unpaired) electrons. The Kier molecular flexibility index (Phi) is 7.86. The second-order valence-electron chi connectivity index (χ2n) is 6.75. The van der Waals surface area contributed by atoms with E-state index in [9.17, 15) is 13.2 Å². The van der Waals surface area contributed by atoms with Crippen LogP contribution < -0.4 is 10.1 Å². The van der Waals surface area contributed by atoms with Crippen LogP contribution in [0.1, 0.15) is 19.4 Å². The Morgan fingerprint density at radius 2 is 1.86 bits per heavy atom. The third kappa shape index (κ3) is 5.95. The van der Waals surface area contributed by atoms with Gasteiger partial charge in [0.15, 0.2) is 0 Å². The highest BCUT2D eigenvalue weighted by Gasteiger charge is 2.30. The molecule has 0 aliphatic rings. The van der Waals surface area contributed by atoms with Crippen LogP contribution in [0.25, 0.3) is 0 Å². The summed E-state index contributed by atoms with van der Waals surface area (Å²) >= 11 is 6.02. The number of carbonyl (C=O) groups excluding carboxylic acids is 1. The topological polar surface area (TPSA) is 75.7 Å². The minimum atomic E-state index is -4.04. The van der Waals surface area contributed by atoms with E-state index in [2.05, 4.69) is 5.32 Å². The Labute approximate surface area is 171 Å². The molecule has 1 N–H and O–H groups in total. The zero-order valence-corrected chi connectivity index (χ0v) is 17.8. The van der Waals surface area contributed by atoms with E-state index in [1.165, 1.54) is 19.2 Å². The van der Waals surface area contributed by atoms with Crippen LogP contribution in [0, 0.1) is 5.92 Å². The van der Waals surface area contributed by atoms with E-state index < -0.39 is 10.0 Å². The van der Waals surface area contributed by atoms with Gasteiger partial charge in [-0.05, 0) is 29.7 Å². The summed E-state index contributed by atoms with van der Waals surface area (Å²) in [4.78, 5) is 12.3. The van der Waals surface area contributed by atoms with Gasteiger partial charge in [0, 0.05) is 18.1 Å². The quantitative estimate of drug-likeness (QED) is 0.670. The number of nitrogens with zero attached hydrogens (tertiary/aromatic N) is 1. The highest BCUT2D eigenvalue weighted by atomic mass is 35.5. The minimum absolute atomic E-state index is 0.0495. The van der Waals surface area contributed by atoms with Crippen molar-refractivity contribution in [2.75, 3.05) is 20.2 Å². The van der Waals surface area contributed by atoms with Gasteiger partial charge >= 0.3 is 0 Å². The fourth-order valence-electron chi connectivity index (χ4n) is 2.54. The highest BCUT2D eigenvalue weighted by molar-refractivity contribution is 7.89. The first-order chi connectivity index (χ1) is 13.2. The van der Waals surface area contributed by atoms with E-state index in [4.69, 9.17) is 16.3 Å². The summed E-state index contributed by atoms with van der Waals surface area (Å²) in [6, 6.07) is 13.5. The number of rotatable bonds is 9. The van der Waals surface area contributed by atoms with Crippen molar-refractivity contribution in [2.45, 2.75) is 25.3 Å². The van der Waals surface area contributed by atoms with Crippen LogP contribution in [0.3, 0.4) is 0 Å². The molecule has 2 aromatic rings. The van der Waals surface area contributed by atoms with Crippen molar-refractivity contribution in [1.29, 1.82) is 0 Å². The van der Waals surface area contributed by atoms with Gasteiger partial charge in [-0.3, -0.25) is 4.79 Å². The first-order valence-corrected chi connectivity index (χ1v) is 10.7. The third-order valence-electron chi connectivity index (χ3n) is 3.97. The van der Waals surface area contributed by atoms with Crippen molar-refractivity contribution < 1.29 is 17.9 Å². The van der Waals surface area contributed by atoms with Crippen molar-refractivity contribution in [3.05, 3.63) is 59.1 Å². The normalized spacial score (nSPS) is 11.6. The van der Waals surface area contributed by atoms with Gasteiger partial charge in [-0.2, -0.15) is 4.31 Å². The Hall–Kier alpha value is -2.09. The number of carbonyl (C=O) groups is 1. The number of halogens is 1. The first kappa shape index (κ1) is 22.2. The number of benzene rings is 2. The lowest BCUT2D eigenvalue weighted by molar-refractivity contribution is -0.121. The Balaban J connectivity index is 2.39. The van der Waals surface area contributed by atoms with Gasteiger partial charge in [-0.15, -0.1) is 0 Å². The molecule has 2 aromatic carbocycles. The maximum absolute atomic E-state index is 13.3. The van der Waals surface area contributed by atoms with Crippen molar-refractivity contribution >= 4 is 27.5 Å². The molecule has 0 bridgehead atoms. The van der Waals surface area contributed by atoms with E-state index in [0.717, 1.165) is 9.87 Å². The van der Waals surface area contributed by atoms with Crippen LogP contribution >= 0.6 is 11.6 Å². The number of sulfonamides is 1. The van der Waals surface area contributed by atoms with E-state index in [1.807, 2.05) is 44.2 Å². The largest absolute Gasteiger partial charge is 0.495 e. The van der Waals surface area contributed by atoms with Gasteiger partial charge in [0.25, 0.3) is 0 Å². The van der Waals surface area contributed by atoms with Crippen LogP contribution in [0.4, 0.5) is 0 Å². The van der Waals surface area contributed by atoms with Gasteiger partial charge in [-0.1, -0.05) is 55.8 Å². The Morgan fingerprint density at radius 1 is 1.18 bits per heavy atom. The molecule has 0 aliphatic carbocycles.